The minimum atomic E-state index is -0.497. The molecule has 1 heterocycles. The van der Waals surface area contributed by atoms with Crippen LogP contribution in [-0.4, -0.2) is 54.7 Å². The highest BCUT2D eigenvalue weighted by molar-refractivity contribution is 5.72. The lowest BCUT2D eigenvalue weighted by atomic mass is 9.87. The molecule has 0 aromatic carbocycles. The van der Waals surface area contributed by atoms with Crippen LogP contribution in [0.15, 0.2) is 0 Å². The van der Waals surface area contributed by atoms with E-state index in [1.54, 1.807) is 0 Å². The van der Waals surface area contributed by atoms with E-state index in [1.807, 2.05) is 27.7 Å². The van der Waals surface area contributed by atoms with Crippen molar-refractivity contribution in [3.8, 4) is 0 Å². The van der Waals surface area contributed by atoms with E-state index >= 15 is 0 Å². The summed E-state index contributed by atoms with van der Waals surface area (Å²) in [7, 11) is 1.44. The second-order valence-electron chi connectivity index (χ2n) is 8.40. The molecule has 144 valence electrons. The molecule has 2 rings (SSSR count). The zero-order chi connectivity index (χ0) is 18.7. The van der Waals surface area contributed by atoms with Crippen LogP contribution in [0.4, 0.5) is 4.79 Å². The highest BCUT2D eigenvalue weighted by Gasteiger charge is 2.49. The van der Waals surface area contributed by atoms with Crippen molar-refractivity contribution < 1.29 is 28.3 Å². The van der Waals surface area contributed by atoms with Gasteiger partial charge in [-0.2, -0.15) is 9.28 Å². The van der Waals surface area contributed by atoms with E-state index in [9.17, 15) is 9.59 Å². The lowest BCUT2D eigenvalue weighted by Gasteiger charge is -2.39. The van der Waals surface area contributed by atoms with Crippen LogP contribution in [0.2, 0.25) is 0 Å². The Kier molecular flexibility index (Phi) is 6.49. The van der Waals surface area contributed by atoms with Gasteiger partial charge in [-0.15, -0.1) is 0 Å². The predicted octanol–water partition coefficient (Wildman–Crippen LogP) is 3.63. The maximum Gasteiger partial charge on any atom is 0.518 e. The highest BCUT2D eigenvalue weighted by atomic mass is 16.6. The molecule has 6 heteroatoms. The number of carbonyl (C=O) groups excluding carboxylic acids is 2. The van der Waals surface area contributed by atoms with Gasteiger partial charge in [0.05, 0.1) is 32.2 Å². The molecule has 1 aliphatic heterocycles. The van der Waals surface area contributed by atoms with Gasteiger partial charge in [-0.25, -0.2) is 0 Å². The van der Waals surface area contributed by atoms with Gasteiger partial charge in [-0.3, -0.25) is 4.79 Å². The molecule has 25 heavy (non-hydrogen) atoms. The van der Waals surface area contributed by atoms with Crippen molar-refractivity contribution in [1.82, 2.24) is 0 Å². The number of ether oxygens (including phenoxy) is 3. The second-order valence-corrected chi connectivity index (χ2v) is 8.40. The van der Waals surface area contributed by atoms with Crippen molar-refractivity contribution >= 4 is 12.1 Å². The molecule has 0 aromatic rings. The monoisotopic (exact) mass is 356 g/mol. The van der Waals surface area contributed by atoms with Gasteiger partial charge in [0, 0.05) is 19.8 Å². The number of nitrogens with zero attached hydrogens (tertiary/aromatic N) is 1. The second kappa shape index (κ2) is 8.04. The molecule has 2 aliphatic rings. The molecule has 1 saturated carbocycles. The van der Waals surface area contributed by atoms with Gasteiger partial charge in [0.15, 0.2) is 0 Å². The first-order valence-electron chi connectivity index (χ1n) is 9.51. The van der Waals surface area contributed by atoms with E-state index < -0.39 is 5.60 Å². The summed E-state index contributed by atoms with van der Waals surface area (Å²) in [5.74, 6) is -0.135. The van der Waals surface area contributed by atoms with Crippen LogP contribution in [-0.2, 0) is 19.0 Å². The van der Waals surface area contributed by atoms with Crippen LogP contribution < -0.4 is 0 Å². The fourth-order valence-electron chi connectivity index (χ4n) is 3.94. The smallest absolute Gasteiger partial charge is 0.469 e. The summed E-state index contributed by atoms with van der Waals surface area (Å²) in [4.78, 5) is 24.5. The number of amides is 1. The third-order valence-corrected chi connectivity index (χ3v) is 5.42. The summed E-state index contributed by atoms with van der Waals surface area (Å²) < 4.78 is 17.1. The third kappa shape index (κ3) is 4.94. The van der Waals surface area contributed by atoms with E-state index in [-0.39, 0.29) is 34.8 Å². The van der Waals surface area contributed by atoms with E-state index in [4.69, 9.17) is 14.2 Å². The van der Waals surface area contributed by atoms with Gasteiger partial charge in [0.25, 0.3) is 0 Å². The van der Waals surface area contributed by atoms with Crippen LogP contribution in [0.25, 0.3) is 0 Å². The summed E-state index contributed by atoms with van der Waals surface area (Å²) in [6, 6.07) is 0. The summed E-state index contributed by atoms with van der Waals surface area (Å²) >= 11 is 0. The minimum absolute atomic E-state index is 0.0130. The Labute approximate surface area is 151 Å². The molecule has 0 N–H and O–H groups in total. The molecule has 0 radical (unpaired) electrons. The van der Waals surface area contributed by atoms with Crippen molar-refractivity contribution in [2.75, 3.05) is 20.2 Å². The van der Waals surface area contributed by atoms with Crippen molar-refractivity contribution in [3.05, 3.63) is 0 Å². The summed E-state index contributed by atoms with van der Waals surface area (Å²) in [5, 5.41) is 0. The van der Waals surface area contributed by atoms with Gasteiger partial charge < -0.3 is 14.2 Å². The summed E-state index contributed by atoms with van der Waals surface area (Å²) in [6.07, 6.45) is 4.96. The first kappa shape index (κ1) is 20.2. The first-order chi connectivity index (χ1) is 11.7. The Hall–Kier alpha value is -1.14. The van der Waals surface area contributed by atoms with Crippen LogP contribution in [0.1, 0.15) is 66.2 Å². The van der Waals surface area contributed by atoms with Gasteiger partial charge in [-0.05, 0) is 46.5 Å². The van der Waals surface area contributed by atoms with E-state index in [0.717, 1.165) is 51.6 Å². The van der Waals surface area contributed by atoms with Gasteiger partial charge in [0.1, 0.15) is 5.60 Å². The molecule has 0 bridgehead atoms. The third-order valence-electron chi connectivity index (χ3n) is 5.42. The average Bonchev–Trinajstić information content (AvgIpc) is 3.04. The summed E-state index contributed by atoms with van der Waals surface area (Å²) in [6.45, 7) is 9.23. The SMILES string of the molecule is COC(=O)C1CCC(OC(C)[N+]2(C(=O)OC(C)(C)C)CCCC2)CC1. The molecule has 0 spiro atoms. The number of hydrogen-bond acceptors (Lipinski definition) is 5. The molecule has 6 nitrogen and oxygen atoms in total. The molecule has 0 aromatic heterocycles. The Bertz CT molecular complexity index is 471. The number of methoxy groups -OCH3 is 1. The first-order valence-corrected chi connectivity index (χ1v) is 9.51. The Morgan fingerprint density at radius 1 is 1.04 bits per heavy atom. The number of quaternary nitrogens is 1. The Morgan fingerprint density at radius 2 is 1.60 bits per heavy atom. The van der Waals surface area contributed by atoms with Crippen molar-refractivity contribution in [3.63, 3.8) is 0 Å². The maximum absolute atomic E-state index is 12.9. The van der Waals surface area contributed by atoms with Gasteiger partial charge >= 0.3 is 12.1 Å². The molecular formula is C19H34NO5+. The average molecular weight is 356 g/mol. The fraction of sp³-hybridized carbons (Fsp3) is 0.895. The molecular weight excluding hydrogens is 322 g/mol. The molecule has 1 amide bonds. The van der Waals surface area contributed by atoms with Crippen LogP contribution in [0, 0.1) is 5.92 Å². The van der Waals surface area contributed by atoms with Crippen molar-refractivity contribution in [1.29, 1.82) is 0 Å². The zero-order valence-corrected chi connectivity index (χ0v) is 16.4. The number of likely N-dealkylation sites (tertiary alicyclic amines) is 1. The van der Waals surface area contributed by atoms with E-state index in [2.05, 4.69) is 0 Å². The molecule has 2 fully saturated rings. The van der Waals surface area contributed by atoms with Crippen LogP contribution >= 0.6 is 0 Å². The molecule has 1 unspecified atom stereocenters. The zero-order valence-electron chi connectivity index (χ0n) is 16.4. The molecule has 1 saturated heterocycles. The van der Waals surface area contributed by atoms with Crippen molar-refractivity contribution in [2.45, 2.75) is 84.2 Å². The van der Waals surface area contributed by atoms with E-state index in [0.29, 0.717) is 0 Å². The summed E-state index contributed by atoms with van der Waals surface area (Å²) in [5.41, 5.74) is -0.497. The Balaban J connectivity index is 1.96. The fourth-order valence-corrected chi connectivity index (χ4v) is 3.94. The number of hydrogen-bond donors (Lipinski definition) is 0. The maximum atomic E-state index is 12.9. The standard InChI is InChI=1S/C19H34NO5/c1-14(24-16-10-8-15(9-11-16)17(21)23-5)20(12-6-7-13-20)18(22)25-19(2,3)4/h14-16H,6-13H2,1-5H3/q+1. The van der Waals surface area contributed by atoms with Crippen LogP contribution in [0.5, 0.6) is 0 Å². The number of carbonyl (C=O) groups is 2. The normalized spacial score (nSPS) is 27.6. The highest BCUT2D eigenvalue weighted by Crippen LogP contribution is 2.32. The minimum Gasteiger partial charge on any atom is -0.469 e. The largest absolute Gasteiger partial charge is 0.518 e. The van der Waals surface area contributed by atoms with E-state index in [1.165, 1.54) is 7.11 Å². The predicted molar refractivity (Wildman–Crippen MR) is 93.8 cm³/mol. The molecule has 1 aliphatic carbocycles. The van der Waals surface area contributed by atoms with Gasteiger partial charge in [-0.1, -0.05) is 0 Å². The van der Waals surface area contributed by atoms with Gasteiger partial charge in [0.2, 0.25) is 6.23 Å². The topological polar surface area (TPSA) is 61.8 Å². The lowest BCUT2D eigenvalue weighted by Crippen LogP contribution is -2.59. The Morgan fingerprint density at radius 3 is 2.08 bits per heavy atom. The van der Waals surface area contributed by atoms with Crippen LogP contribution in [0.3, 0.4) is 0 Å². The molecule has 1 atom stereocenters. The van der Waals surface area contributed by atoms with Crippen molar-refractivity contribution in [2.24, 2.45) is 5.92 Å². The number of esters is 1. The quantitative estimate of drug-likeness (QED) is 0.569. The number of rotatable bonds is 4. The lowest BCUT2D eigenvalue weighted by molar-refractivity contribution is -0.895.